The fourth-order valence-corrected chi connectivity index (χ4v) is 11.1. The van der Waals surface area contributed by atoms with Gasteiger partial charge in [0.1, 0.15) is 36.2 Å². The van der Waals surface area contributed by atoms with E-state index >= 15 is 0 Å². The summed E-state index contributed by atoms with van der Waals surface area (Å²) in [6.45, 7) is 22.3. The predicted molar refractivity (Wildman–Crippen MR) is 320 cm³/mol. The summed E-state index contributed by atoms with van der Waals surface area (Å²) in [6, 6.07) is 30.2. The molecule has 4 N–H and O–H groups in total. The summed E-state index contributed by atoms with van der Waals surface area (Å²) < 4.78 is 40.0. The van der Waals surface area contributed by atoms with Gasteiger partial charge in [0, 0.05) is 97.1 Å². The first-order chi connectivity index (χ1) is 38.6. The summed E-state index contributed by atoms with van der Waals surface area (Å²) in [6.07, 6.45) is 4.08. The smallest absolute Gasteiger partial charge is 0.324 e. The molecule has 4 amide bonds. The number of ether oxygens (including phenoxy) is 4. The van der Waals surface area contributed by atoms with Crippen LogP contribution in [0.25, 0.3) is 52.9 Å². The number of thiazole rings is 2. The standard InChI is InChI=1S/2C29H32N6O4S.CH4/c2*1-29(2,3)25-17-26(33-39-25)32-27(36)30-20-6-4-19(5-7-20)22-18-35-23-9-8-21(16-24(23)40-28(35)31-22)38-15-12-34-10-13-37-14-11-34;/h2*4-9,16-18H,10-15H2,1-3H3,(H2,30,32,33,36);1H4. The molecule has 6 aromatic heterocycles. The highest BCUT2D eigenvalue weighted by atomic mass is 32.1. The van der Waals surface area contributed by atoms with Gasteiger partial charge in [0.15, 0.2) is 21.6 Å². The van der Waals surface area contributed by atoms with Gasteiger partial charge in [0.2, 0.25) is 0 Å². The highest BCUT2D eigenvalue weighted by molar-refractivity contribution is 7.24. The van der Waals surface area contributed by atoms with E-state index in [1.54, 1.807) is 34.8 Å². The van der Waals surface area contributed by atoms with E-state index in [-0.39, 0.29) is 30.3 Å². The molecule has 4 aromatic carbocycles. The number of aromatic nitrogens is 6. The Morgan fingerprint density at radius 1 is 0.543 bits per heavy atom. The van der Waals surface area contributed by atoms with Crippen LogP contribution in [0, 0.1) is 0 Å². The lowest BCUT2D eigenvalue weighted by atomic mass is 9.93. The molecule has 22 heteroatoms. The van der Waals surface area contributed by atoms with Crippen molar-refractivity contribution in [3.05, 3.63) is 121 Å². The van der Waals surface area contributed by atoms with Gasteiger partial charge >= 0.3 is 12.1 Å². The van der Waals surface area contributed by atoms with Gasteiger partial charge in [-0.15, -0.1) is 0 Å². The minimum Gasteiger partial charge on any atom is -0.492 e. The van der Waals surface area contributed by atoms with Crippen molar-refractivity contribution in [3.63, 3.8) is 0 Å². The van der Waals surface area contributed by atoms with Crippen molar-refractivity contribution in [1.29, 1.82) is 0 Å². The fourth-order valence-electron chi connectivity index (χ4n) is 9.04. The minimum absolute atomic E-state index is 0. The fraction of sp³-hybridized carbons (Fsp3) is 0.356. The monoisotopic (exact) mass is 1140 g/mol. The second kappa shape index (κ2) is 24.5. The van der Waals surface area contributed by atoms with E-state index in [1.165, 1.54) is 0 Å². The van der Waals surface area contributed by atoms with Crippen molar-refractivity contribution in [2.75, 3.05) is 100 Å². The van der Waals surface area contributed by atoms with Crippen LogP contribution in [0.15, 0.2) is 119 Å². The Labute approximate surface area is 477 Å². The molecule has 0 spiro atoms. The molecule has 12 rings (SSSR count). The van der Waals surface area contributed by atoms with Crippen LogP contribution in [0.1, 0.15) is 60.5 Å². The summed E-state index contributed by atoms with van der Waals surface area (Å²) in [4.78, 5) is 41.1. The van der Waals surface area contributed by atoms with Crippen LogP contribution in [0.5, 0.6) is 11.5 Å². The third-order valence-electron chi connectivity index (χ3n) is 13.6. The zero-order chi connectivity index (χ0) is 55.4. The van der Waals surface area contributed by atoms with Crippen molar-refractivity contribution in [3.8, 4) is 34.0 Å². The molecular weight excluding hydrogens is 1070 g/mol. The maximum atomic E-state index is 12.4. The summed E-state index contributed by atoms with van der Waals surface area (Å²) in [5.41, 5.74) is 6.80. The largest absolute Gasteiger partial charge is 0.492 e. The Hall–Kier alpha value is -7.86. The van der Waals surface area contributed by atoms with Gasteiger partial charge in [-0.1, -0.05) is 106 Å². The van der Waals surface area contributed by atoms with Crippen LogP contribution >= 0.6 is 22.7 Å². The summed E-state index contributed by atoms with van der Waals surface area (Å²) in [5, 5.41) is 18.9. The van der Waals surface area contributed by atoms with Crippen LogP contribution in [0.4, 0.5) is 32.6 Å². The molecule has 0 atom stereocenters. The van der Waals surface area contributed by atoms with E-state index in [4.69, 9.17) is 38.0 Å². The average Bonchev–Trinajstić information content (AvgIpc) is 4.33. The second-order valence-corrected chi connectivity index (χ2v) is 23.6. The van der Waals surface area contributed by atoms with E-state index in [0.29, 0.717) is 47.7 Å². The lowest BCUT2D eigenvalue weighted by Crippen LogP contribution is -2.38. The van der Waals surface area contributed by atoms with Gasteiger partial charge in [-0.2, -0.15) is 0 Å². The van der Waals surface area contributed by atoms with E-state index in [2.05, 4.69) is 74.4 Å². The molecular formula is C59H68N12O8S2. The van der Waals surface area contributed by atoms with Crippen LogP contribution < -0.4 is 30.7 Å². The molecule has 2 saturated heterocycles. The molecule has 0 unspecified atom stereocenters. The molecule has 81 heavy (non-hydrogen) atoms. The summed E-state index contributed by atoms with van der Waals surface area (Å²) >= 11 is 3.27. The zero-order valence-corrected chi connectivity index (χ0v) is 47.2. The average molecular weight is 1140 g/mol. The molecule has 2 aliphatic rings. The highest BCUT2D eigenvalue weighted by Crippen LogP contribution is 2.35. The zero-order valence-electron chi connectivity index (χ0n) is 45.5. The topological polar surface area (TPSA) is 212 Å². The van der Waals surface area contributed by atoms with Crippen molar-refractivity contribution in [2.24, 2.45) is 0 Å². The number of carbonyl (C=O) groups excluding carboxylic acids is 2. The minimum atomic E-state index is -0.389. The van der Waals surface area contributed by atoms with Crippen LogP contribution in [-0.4, -0.2) is 130 Å². The number of imidazole rings is 2. The molecule has 0 radical (unpaired) electrons. The Bertz CT molecular complexity index is 3500. The van der Waals surface area contributed by atoms with Gasteiger partial charge < -0.3 is 38.6 Å². The maximum Gasteiger partial charge on any atom is 0.324 e. The number of carbonyl (C=O) groups is 2. The normalized spacial score (nSPS) is 14.4. The molecule has 424 valence electrons. The highest BCUT2D eigenvalue weighted by Gasteiger charge is 2.23. The molecule has 2 aliphatic heterocycles. The quantitative estimate of drug-likeness (QED) is 0.0798. The number of amides is 4. The Morgan fingerprint density at radius 2 is 0.938 bits per heavy atom. The number of hydrogen-bond donors (Lipinski definition) is 4. The molecule has 0 saturated carbocycles. The predicted octanol–water partition coefficient (Wildman–Crippen LogP) is 12.3. The van der Waals surface area contributed by atoms with Gasteiger partial charge in [0.25, 0.3) is 0 Å². The maximum absolute atomic E-state index is 12.4. The summed E-state index contributed by atoms with van der Waals surface area (Å²) in [5.74, 6) is 3.89. The van der Waals surface area contributed by atoms with E-state index in [1.807, 2.05) is 115 Å². The number of nitrogens with one attached hydrogen (secondary N) is 4. The lowest BCUT2D eigenvalue weighted by Gasteiger charge is -2.26. The SMILES string of the molecule is C.CC(C)(C)c1cc(NC(=O)Nc2ccc(-c3cn4c(n3)sc3cc(OCCN5CCOCC5)ccc34)cc2)no1.CC(C)(C)c1cc(NC(=O)Nc2ccc(-c3cn4c(n3)sc3cc(OCCN5CCOCC5)ccc34)cc2)no1. The number of fused-ring (bicyclic) bond motifs is 6. The first-order valence-corrected chi connectivity index (χ1v) is 28.3. The van der Waals surface area contributed by atoms with Gasteiger partial charge in [-0.05, 0) is 60.7 Å². The number of hydrogen-bond acceptors (Lipinski definition) is 16. The first kappa shape index (κ1) is 56.4. The number of nitrogens with zero attached hydrogens (tertiary/aromatic N) is 8. The number of benzene rings is 4. The van der Waals surface area contributed by atoms with Crippen molar-refractivity contribution < 1.29 is 37.6 Å². The Morgan fingerprint density at radius 3 is 1.31 bits per heavy atom. The first-order valence-electron chi connectivity index (χ1n) is 26.6. The Kier molecular flexibility index (Phi) is 17.0. The molecule has 0 aliphatic carbocycles. The molecule has 2 fully saturated rings. The van der Waals surface area contributed by atoms with Crippen molar-refractivity contribution >= 4 is 88.1 Å². The van der Waals surface area contributed by atoms with Crippen molar-refractivity contribution in [1.82, 2.24) is 38.9 Å². The van der Waals surface area contributed by atoms with Crippen molar-refractivity contribution in [2.45, 2.75) is 59.8 Å². The number of rotatable bonds is 14. The summed E-state index contributed by atoms with van der Waals surface area (Å²) in [7, 11) is 0. The van der Waals surface area contributed by atoms with Gasteiger partial charge in [-0.3, -0.25) is 29.2 Å². The van der Waals surface area contributed by atoms with Crippen LogP contribution in [0.3, 0.4) is 0 Å². The number of anilines is 4. The van der Waals surface area contributed by atoms with E-state index < -0.39 is 0 Å². The van der Waals surface area contributed by atoms with E-state index in [9.17, 15) is 9.59 Å². The third kappa shape index (κ3) is 13.8. The lowest BCUT2D eigenvalue weighted by molar-refractivity contribution is 0.0322. The third-order valence-corrected chi connectivity index (χ3v) is 15.6. The molecule has 10 aromatic rings. The van der Waals surface area contributed by atoms with Crippen LogP contribution in [-0.2, 0) is 20.3 Å². The van der Waals surface area contributed by atoms with Gasteiger partial charge in [-0.25, -0.2) is 19.6 Å². The molecule has 8 heterocycles. The Balaban J connectivity index is 0.000000180. The number of urea groups is 2. The van der Waals surface area contributed by atoms with Gasteiger partial charge in [0.05, 0.1) is 58.2 Å². The second-order valence-electron chi connectivity index (χ2n) is 21.6. The molecule has 0 bridgehead atoms. The number of morpholine rings is 2. The molecule has 20 nitrogen and oxygen atoms in total. The van der Waals surface area contributed by atoms with Crippen LogP contribution in [0.2, 0.25) is 0 Å². The van der Waals surface area contributed by atoms with E-state index in [0.717, 1.165) is 130 Å².